The van der Waals surface area contributed by atoms with Crippen LogP contribution >= 0.6 is 0 Å². The van der Waals surface area contributed by atoms with Gasteiger partial charge in [-0.05, 0) is 23.2 Å². The summed E-state index contributed by atoms with van der Waals surface area (Å²) >= 11 is 0. The first kappa shape index (κ1) is 11.6. The number of hydrogen-bond acceptors (Lipinski definition) is 5. The molecule has 0 bridgehead atoms. The SMILES string of the molecule is COc1ccc(B(O)O)c(Cn2cncn2)c1. The molecule has 0 atom stereocenters. The van der Waals surface area contributed by atoms with Crippen molar-refractivity contribution in [2.75, 3.05) is 7.11 Å². The zero-order valence-corrected chi connectivity index (χ0v) is 9.32. The molecule has 0 fully saturated rings. The lowest BCUT2D eigenvalue weighted by Gasteiger charge is -2.10. The second-order valence-corrected chi connectivity index (χ2v) is 3.53. The van der Waals surface area contributed by atoms with Crippen LogP contribution in [-0.2, 0) is 6.54 Å². The zero-order valence-electron chi connectivity index (χ0n) is 9.32. The van der Waals surface area contributed by atoms with Crippen molar-refractivity contribution in [3.05, 3.63) is 36.4 Å². The summed E-state index contributed by atoms with van der Waals surface area (Å²) in [5.74, 6) is 0.657. The Labute approximate surface area is 98.6 Å². The molecule has 0 spiro atoms. The first-order valence-electron chi connectivity index (χ1n) is 5.06. The molecule has 2 rings (SSSR count). The summed E-state index contributed by atoms with van der Waals surface area (Å²) in [5.41, 5.74) is 1.16. The number of benzene rings is 1. The van der Waals surface area contributed by atoms with Gasteiger partial charge in [0.2, 0.25) is 0 Å². The average Bonchev–Trinajstić information content (AvgIpc) is 2.81. The van der Waals surface area contributed by atoms with Gasteiger partial charge in [0, 0.05) is 0 Å². The van der Waals surface area contributed by atoms with E-state index in [1.54, 1.807) is 36.3 Å². The molecule has 0 saturated heterocycles. The van der Waals surface area contributed by atoms with Gasteiger partial charge in [0.05, 0.1) is 13.7 Å². The highest BCUT2D eigenvalue weighted by Crippen LogP contribution is 2.12. The minimum Gasteiger partial charge on any atom is -0.497 e. The first-order valence-corrected chi connectivity index (χ1v) is 5.06. The van der Waals surface area contributed by atoms with Gasteiger partial charge in [-0.15, -0.1) is 0 Å². The maximum Gasteiger partial charge on any atom is 0.488 e. The van der Waals surface area contributed by atoms with E-state index >= 15 is 0 Å². The number of rotatable bonds is 4. The molecule has 7 heteroatoms. The Morgan fingerprint density at radius 3 is 2.82 bits per heavy atom. The van der Waals surface area contributed by atoms with Crippen molar-refractivity contribution >= 4 is 12.6 Å². The van der Waals surface area contributed by atoms with Crippen molar-refractivity contribution in [1.29, 1.82) is 0 Å². The van der Waals surface area contributed by atoms with Crippen LogP contribution < -0.4 is 10.2 Å². The van der Waals surface area contributed by atoms with Crippen molar-refractivity contribution in [3.63, 3.8) is 0 Å². The van der Waals surface area contributed by atoms with E-state index in [9.17, 15) is 10.0 Å². The van der Waals surface area contributed by atoms with Crippen LogP contribution in [0, 0.1) is 0 Å². The second-order valence-electron chi connectivity index (χ2n) is 3.53. The van der Waals surface area contributed by atoms with Crippen LogP contribution in [0.2, 0.25) is 0 Å². The lowest BCUT2D eigenvalue weighted by molar-refractivity contribution is 0.413. The predicted octanol–water partition coefficient (Wildman–Crippen LogP) is -0.985. The van der Waals surface area contributed by atoms with E-state index < -0.39 is 7.12 Å². The maximum atomic E-state index is 9.27. The highest BCUT2D eigenvalue weighted by atomic mass is 16.5. The predicted molar refractivity (Wildman–Crippen MR) is 61.9 cm³/mol. The Kier molecular flexibility index (Phi) is 3.41. The standard InChI is InChI=1S/C10H12BN3O3/c1-17-9-2-3-10(11(15)16)8(4-9)5-14-7-12-6-13-14/h2-4,6-7,15-16H,5H2,1H3. The summed E-state index contributed by atoms with van der Waals surface area (Å²) in [6.07, 6.45) is 2.99. The largest absolute Gasteiger partial charge is 0.497 e. The molecule has 0 aliphatic carbocycles. The Balaban J connectivity index is 2.34. The molecule has 0 aliphatic rings. The minimum atomic E-state index is -1.51. The molecule has 2 aromatic rings. The van der Waals surface area contributed by atoms with Crippen molar-refractivity contribution in [1.82, 2.24) is 14.8 Å². The van der Waals surface area contributed by atoms with E-state index in [0.717, 1.165) is 5.56 Å². The van der Waals surface area contributed by atoms with Gasteiger partial charge in [0.25, 0.3) is 0 Å². The van der Waals surface area contributed by atoms with E-state index in [-0.39, 0.29) is 0 Å². The van der Waals surface area contributed by atoms with Gasteiger partial charge in [0.15, 0.2) is 0 Å². The molecule has 0 radical (unpaired) electrons. The smallest absolute Gasteiger partial charge is 0.488 e. The van der Waals surface area contributed by atoms with Crippen molar-refractivity contribution in [3.8, 4) is 5.75 Å². The molecule has 0 aliphatic heterocycles. The molecule has 0 amide bonds. The molecule has 6 nitrogen and oxygen atoms in total. The number of hydrogen-bond donors (Lipinski definition) is 2. The molecule has 1 aromatic heterocycles. The molecule has 1 aromatic carbocycles. The minimum absolute atomic E-state index is 0.407. The molecule has 17 heavy (non-hydrogen) atoms. The van der Waals surface area contributed by atoms with Gasteiger partial charge in [-0.2, -0.15) is 5.10 Å². The number of ether oxygens (including phenoxy) is 1. The topological polar surface area (TPSA) is 80.4 Å². The molecule has 1 heterocycles. The zero-order chi connectivity index (χ0) is 12.3. The number of nitrogens with zero attached hydrogens (tertiary/aromatic N) is 3. The summed E-state index contributed by atoms with van der Waals surface area (Å²) < 4.78 is 6.70. The normalized spacial score (nSPS) is 10.3. The van der Waals surface area contributed by atoms with E-state index in [2.05, 4.69) is 10.1 Å². The van der Waals surface area contributed by atoms with Crippen LogP contribution in [0.15, 0.2) is 30.9 Å². The summed E-state index contributed by atoms with van der Waals surface area (Å²) in [7, 11) is 0.0447. The lowest BCUT2D eigenvalue weighted by Crippen LogP contribution is -2.33. The lowest BCUT2D eigenvalue weighted by atomic mass is 9.77. The van der Waals surface area contributed by atoms with Gasteiger partial charge in [0.1, 0.15) is 18.4 Å². The van der Waals surface area contributed by atoms with E-state index in [0.29, 0.717) is 17.8 Å². The van der Waals surface area contributed by atoms with Crippen molar-refractivity contribution in [2.45, 2.75) is 6.54 Å². The maximum absolute atomic E-state index is 9.27. The third-order valence-electron chi connectivity index (χ3n) is 2.43. The molecule has 88 valence electrons. The highest BCUT2D eigenvalue weighted by Gasteiger charge is 2.16. The molecule has 0 saturated carbocycles. The third kappa shape index (κ3) is 2.63. The van der Waals surface area contributed by atoms with Gasteiger partial charge in [-0.25, -0.2) is 9.67 Å². The van der Waals surface area contributed by atoms with Crippen LogP contribution in [0.4, 0.5) is 0 Å². The van der Waals surface area contributed by atoms with Crippen LogP contribution in [0.5, 0.6) is 5.75 Å². The van der Waals surface area contributed by atoms with E-state index in [1.165, 1.54) is 6.33 Å². The fraction of sp³-hybridized carbons (Fsp3) is 0.200. The molecule has 0 unspecified atom stereocenters. The summed E-state index contributed by atoms with van der Waals surface area (Å²) in [5, 5.41) is 22.5. The molecular formula is C10H12BN3O3. The van der Waals surface area contributed by atoms with Crippen LogP contribution in [0.1, 0.15) is 5.56 Å². The fourth-order valence-electron chi connectivity index (χ4n) is 1.59. The first-order chi connectivity index (χ1) is 8.20. The van der Waals surface area contributed by atoms with Crippen molar-refractivity contribution < 1.29 is 14.8 Å². The Morgan fingerprint density at radius 2 is 2.24 bits per heavy atom. The summed E-state index contributed by atoms with van der Waals surface area (Å²) in [6, 6.07) is 5.05. The van der Waals surface area contributed by atoms with Gasteiger partial charge >= 0.3 is 7.12 Å². The molecular weight excluding hydrogens is 221 g/mol. The Morgan fingerprint density at radius 1 is 1.41 bits per heavy atom. The van der Waals surface area contributed by atoms with Gasteiger partial charge in [-0.1, -0.05) is 6.07 Å². The van der Waals surface area contributed by atoms with E-state index in [4.69, 9.17) is 4.74 Å². The average molecular weight is 233 g/mol. The van der Waals surface area contributed by atoms with Gasteiger partial charge in [-0.3, -0.25) is 0 Å². The van der Waals surface area contributed by atoms with Crippen LogP contribution in [-0.4, -0.2) is 39.0 Å². The van der Waals surface area contributed by atoms with Crippen molar-refractivity contribution in [2.24, 2.45) is 0 Å². The monoisotopic (exact) mass is 233 g/mol. The fourth-order valence-corrected chi connectivity index (χ4v) is 1.59. The summed E-state index contributed by atoms with van der Waals surface area (Å²) in [6.45, 7) is 0.407. The van der Waals surface area contributed by atoms with Crippen LogP contribution in [0.3, 0.4) is 0 Å². The quantitative estimate of drug-likeness (QED) is 0.663. The highest BCUT2D eigenvalue weighted by molar-refractivity contribution is 6.59. The summed E-state index contributed by atoms with van der Waals surface area (Å²) in [4.78, 5) is 3.83. The Hall–Kier alpha value is -1.86. The molecule has 2 N–H and O–H groups in total. The van der Waals surface area contributed by atoms with E-state index in [1.807, 2.05) is 0 Å². The van der Waals surface area contributed by atoms with Crippen LogP contribution in [0.25, 0.3) is 0 Å². The number of aromatic nitrogens is 3. The second kappa shape index (κ2) is 4.98. The third-order valence-corrected chi connectivity index (χ3v) is 2.43. The Bertz CT molecular complexity index is 488. The van der Waals surface area contributed by atoms with Gasteiger partial charge < -0.3 is 14.8 Å². The number of methoxy groups -OCH3 is 1.